The van der Waals surface area contributed by atoms with Crippen molar-refractivity contribution in [1.82, 2.24) is 5.32 Å². The zero-order valence-electron chi connectivity index (χ0n) is 7.59. The first kappa shape index (κ1) is 11.0. The molecule has 0 saturated heterocycles. The Balaban J connectivity index is 2.80. The van der Waals surface area contributed by atoms with Gasteiger partial charge in [0.05, 0.1) is 5.56 Å². The predicted molar refractivity (Wildman–Crippen MR) is 59.9 cm³/mol. The Hall–Kier alpha value is -1.07. The molecule has 0 radical (unpaired) electrons. The van der Waals surface area contributed by atoms with Crippen LogP contribution in [0.3, 0.4) is 0 Å². The van der Waals surface area contributed by atoms with Crippen molar-refractivity contribution in [3.05, 3.63) is 28.2 Å². The van der Waals surface area contributed by atoms with E-state index in [9.17, 15) is 4.79 Å². The van der Waals surface area contributed by atoms with Gasteiger partial charge < -0.3 is 16.8 Å². The summed E-state index contributed by atoms with van der Waals surface area (Å²) >= 11 is 3.27. The minimum atomic E-state index is -0.151. The standard InChI is InChI=1S/C9H12BrN3O/c10-8-5-6(12)1-2-7(8)9(14)13-4-3-11/h1-2,5H,3-4,11-12H2,(H,13,14). The highest BCUT2D eigenvalue weighted by Crippen LogP contribution is 2.19. The molecule has 76 valence electrons. The molecule has 5 N–H and O–H groups in total. The highest BCUT2D eigenvalue weighted by molar-refractivity contribution is 9.10. The van der Waals surface area contributed by atoms with E-state index in [0.29, 0.717) is 28.8 Å². The number of halogens is 1. The first-order chi connectivity index (χ1) is 6.65. The van der Waals surface area contributed by atoms with Gasteiger partial charge >= 0.3 is 0 Å². The summed E-state index contributed by atoms with van der Waals surface area (Å²) in [6.07, 6.45) is 0. The normalized spacial score (nSPS) is 9.86. The van der Waals surface area contributed by atoms with Crippen LogP contribution in [-0.2, 0) is 0 Å². The number of carbonyl (C=O) groups is 1. The molecule has 0 aliphatic carbocycles. The predicted octanol–water partition coefficient (Wildman–Crippen LogP) is 0.720. The number of hydrogen-bond acceptors (Lipinski definition) is 3. The molecule has 1 rings (SSSR count). The first-order valence-corrected chi connectivity index (χ1v) is 4.97. The number of rotatable bonds is 3. The summed E-state index contributed by atoms with van der Waals surface area (Å²) in [5.74, 6) is -0.151. The number of amides is 1. The lowest BCUT2D eigenvalue weighted by Crippen LogP contribution is -2.29. The molecule has 0 aliphatic heterocycles. The fraction of sp³-hybridized carbons (Fsp3) is 0.222. The summed E-state index contributed by atoms with van der Waals surface area (Å²) in [7, 11) is 0. The maximum atomic E-state index is 11.5. The molecule has 0 heterocycles. The Morgan fingerprint density at radius 1 is 1.50 bits per heavy atom. The SMILES string of the molecule is NCCNC(=O)c1ccc(N)cc1Br. The van der Waals surface area contributed by atoms with Crippen molar-refractivity contribution in [2.24, 2.45) is 5.73 Å². The molecule has 1 amide bonds. The van der Waals surface area contributed by atoms with Gasteiger partial charge in [0.2, 0.25) is 0 Å². The average molecular weight is 258 g/mol. The monoisotopic (exact) mass is 257 g/mol. The summed E-state index contributed by atoms with van der Waals surface area (Å²) < 4.78 is 0.687. The molecule has 0 unspecified atom stereocenters. The lowest BCUT2D eigenvalue weighted by atomic mass is 10.2. The quantitative estimate of drug-likeness (QED) is 0.699. The van der Waals surface area contributed by atoms with Gasteiger partial charge in [-0.15, -0.1) is 0 Å². The van der Waals surface area contributed by atoms with Crippen molar-refractivity contribution in [3.63, 3.8) is 0 Å². The van der Waals surface area contributed by atoms with Gasteiger partial charge in [0, 0.05) is 23.2 Å². The van der Waals surface area contributed by atoms with E-state index < -0.39 is 0 Å². The lowest BCUT2D eigenvalue weighted by Gasteiger charge is -2.05. The van der Waals surface area contributed by atoms with Gasteiger partial charge in [-0.2, -0.15) is 0 Å². The van der Waals surface area contributed by atoms with Gasteiger partial charge in [-0.3, -0.25) is 4.79 Å². The molecule has 1 aromatic rings. The molecule has 0 aliphatic rings. The Morgan fingerprint density at radius 2 is 2.21 bits per heavy atom. The first-order valence-electron chi connectivity index (χ1n) is 4.18. The minimum absolute atomic E-state index is 0.151. The maximum Gasteiger partial charge on any atom is 0.252 e. The van der Waals surface area contributed by atoms with Crippen LogP contribution in [0.1, 0.15) is 10.4 Å². The van der Waals surface area contributed by atoms with Gasteiger partial charge in [0.1, 0.15) is 0 Å². The maximum absolute atomic E-state index is 11.5. The molecule has 4 nitrogen and oxygen atoms in total. The second kappa shape index (κ2) is 4.97. The fourth-order valence-electron chi connectivity index (χ4n) is 0.996. The van der Waals surface area contributed by atoms with Gasteiger partial charge in [0.15, 0.2) is 0 Å². The summed E-state index contributed by atoms with van der Waals surface area (Å²) in [5.41, 5.74) is 12.0. The van der Waals surface area contributed by atoms with E-state index in [1.165, 1.54) is 0 Å². The molecule has 5 heteroatoms. The van der Waals surface area contributed by atoms with E-state index in [1.807, 2.05) is 0 Å². The summed E-state index contributed by atoms with van der Waals surface area (Å²) in [6, 6.07) is 5.05. The highest BCUT2D eigenvalue weighted by atomic mass is 79.9. The van der Waals surface area contributed by atoms with Crippen molar-refractivity contribution in [2.45, 2.75) is 0 Å². The zero-order valence-corrected chi connectivity index (χ0v) is 9.17. The molecule has 0 fully saturated rings. The Morgan fingerprint density at radius 3 is 2.79 bits per heavy atom. The van der Waals surface area contributed by atoms with E-state index in [0.717, 1.165) is 0 Å². The third kappa shape index (κ3) is 2.71. The molecule has 1 aromatic carbocycles. The molecule has 0 bridgehead atoms. The fourth-order valence-corrected chi connectivity index (χ4v) is 1.57. The van der Waals surface area contributed by atoms with Crippen molar-refractivity contribution in [3.8, 4) is 0 Å². The summed E-state index contributed by atoms with van der Waals surface area (Å²) in [5, 5.41) is 2.67. The molecular weight excluding hydrogens is 246 g/mol. The minimum Gasteiger partial charge on any atom is -0.399 e. The van der Waals surface area contributed by atoms with Crippen LogP contribution in [-0.4, -0.2) is 19.0 Å². The van der Waals surface area contributed by atoms with Crippen molar-refractivity contribution < 1.29 is 4.79 Å². The van der Waals surface area contributed by atoms with E-state index in [-0.39, 0.29) is 5.91 Å². The zero-order chi connectivity index (χ0) is 10.6. The lowest BCUT2D eigenvalue weighted by molar-refractivity contribution is 0.0954. The van der Waals surface area contributed by atoms with Crippen LogP contribution in [0.25, 0.3) is 0 Å². The summed E-state index contributed by atoms with van der Waals surface area (Å²) in [6.45, 7) is 0.897. The van der Waals surface area contributed by atoms with Crippen LogP contribution in [0.15, 0.2) is 22.7 Å². The van der Waals surface area contributed by atoms with Crippen LogP contribution in [0.4, 0.5) is 5.69 Å². The molecule has 0 saturated carbocycles. The largest absolute Gasteiger partial charge is 0.399 e. The second-order valence-electron chi connectivity index (χ2n) is 2.78. The van der Waals surface area contributed by atoms with Crippen LogP contribution >= 0.6 is 15.9 Å². The van der Waals surface area contributed by atoms with Crippen molar-refractivity contribution >= 4 is 27.5 Å². The Labute approximate surface area is 90.8 Å². The third-order valence-electron chi connectivity index (χ3n) is 1.67. The smallest absolute Gasteiger partial charge is 0.252 e. The van der Waals surface area contributed by atoms with E-state index >= 15 is 0 Å². The Bertz CT molecular complexity index is 341. The molecular formula is C9H12BrN3O. The highest BCUT2D eigenvalue weighted by Gasteiger charge is 2.08. The molecule has 0 aromatic heterocycles. The third-order valence-corrected chi connectivity index (χ3v) is 2.32. The number of hydrogen-bond donors (Lipinski definition) is 3. The number of benzene rings is 1. The van der Waals surface area contributed by atoms with E-state index in [2.05, 4.69) is 21.2 Å². The number of nitrogen functional groups attached to an aromatic ring is 1. The number of carbonyl (C=O) groups excluding carboxylic acids is 1. The Kier molecular flexibility index (Phi) is 3.91. The number of nitrogens with two attached hydrogens (primary N) is 2. The molecule has 0 spiro atoms. The average Bonchev–Trinajstić information content (AvgIpc) is 2.14. The van der Waals surface area contributed by atoms with Crippen molar-refractivity contribution in [2.75, 3.05) is 18.8 Å². The van der Waals surface area contributed by atoms with Crippen LogP contribution < -0.4 is 16.8 Å². The number of anilines is 1. The number of nitrogens with one attached hydrogen (secondary N) is 1. The van der Waals surface area contributed by atoms with Crippen molar-refractivity contribution in [1.29, 1.82) is 0 Å². The topological polar surface area (TPSA) is 81.1 Å². The summed E-state index contributed by atoms with van der Waals surface area (Å²) in [4.78, 5) is 11.5. The van der Waals surface area contributed by atoms with Gasteiger partial charge in [-0.25, -0.2) is 0 Å². The van der Waals surface area contributed by atoms with Crippen LogP contribution in [0.5, 0.6) is 0 Å². The van der Waals surface area contributed by atoms with Gasteiger partial charge in [0.25, 0.3) is 5.91 Å². The van der Waals surface area contributed by atoms with E-state index in [4.69, 9.17) is 11.5 Å². The van der Waals surface area contributed by atoms with Gasteiger partial charge in [-0.05, 0) is 34.1 Å². The van der Waals surface area contributed by atoms with Gasteiger partial charge in [-0.1, -0.05) is 0 Å². The van der Waals surface area contributed by atoms with Crippen LogP contribution in [0.2, 0.25) is 0 Å². The van der Waals surface area contributed by atoms with Crippen LogP contribution in [0, 0.1) is 0 Å². The molecule has 14 heavy (non-hydrogen) atoms. The van der Waals surface area contributed by atoms with E-state index in [1.54, 1.807) is 18.2 Å². The second-order valence-corrected chi connectivity index (χ2v) is 3.64. The molecule has 0 atom stereocenters.